The fourth-order valence-electron chi connectivity index (χ4n) is 4.66. The molecule has 3 aliphatic carbocycles. The first-order valence-corrected chi connectivity index (χ1v) is 9.99. The van der Waals surface area contributed by atoms with Gasteiger partial charge >= 0.3 is 0 Å². The number of hydrogen-bond donors (Lipinski definition) is 3. The number of amides is 2. The first kappa shape index (κ1) is 20.2. The van der Waals surface area contributed by atoms with Gasteiger partial charge in [-0.1, -0.05) is 12.5 Å². The molecule has 0 spiro atoms. The van der Waals surface area contributed by atoms with Crippen LogP contribution < -0.4 is 16.4 Å². The number of nitrogens with two attached hydrogens (primary N) is 1. The normalized spacial score (nSPS) is 29.4. The summed E-state index contributed by atoms with van der Waals surface area (Å²) < 4.78 is 0. The summed E-state index contributed by atoms with van der Waals surface area (Å²) in [6, 6.07) is 6.00. The van der Waals surface area contributed by atoms with Crippen LogP contribution in [-0.4, -0.2) is 17.9 Å². The van der Waals surface area contributed by atoms with Gasteiger partial charge in [0.1, 0.15) is 0 Å². The fraction of sp³-hybridized carbons (Fsp3) is 0.619. The molecule has 148 valence electrons. The smallest absolute Gasteiger partial charge is 0.227 e. The van der Waals surface area contributed by atoms with Gasteiger partial charge in [-0.2, -0.15) is 0 Å². The Labute approximate surface area is 167 Å². The minimum atomic E-state index is 0. The van der Waals surface area contributed by atoms with E-state index in [2.05, 4.69) is 10.6 Å². The number of carbonyl (C=O) groups excluding carboxylic acids is 2. The molecular weight excluding hydrogens is 362 g/mol. The predicted octanol–water partition coefficient (Wildman–Crippen LogP) is 3.86. The highest BCUT2D eigenvalue weighted by atomic mass is 35.5. The van der Waals surface area contributed by atoms with E-state index >= 15 is 0 Å². The molecular formula is C21H30ClN3O2. The molecule has 2 atom stereocenters. The molecule has 2 unspecified atom stereocenters. The fourth-order valence-corrected chi connectivity index (χ4v) is 4.66. The Morgan fingerprint density at radius 3 is 2.22 bits per heavy atom. The van der Waals surface area contributed by atoms with E-state index in [1.165, 1.54) is 6.42 Å². The minimum Gasteiger partial charge on any atom is -0.327 e. The van der Waals surface area contributed by atoms with E-state index in [4.69, 9.17) is 5.73 Å². The molecule has 5 nitrogen and oxygen atoms in total. The molecule has 0 aromatic heterocycles. The second kappa shape index (κ2) is 8.19. The van der Waals surface area contributed by atoms with Gasteiger partial charge in [0, 0.05) is 29.3 Å². The number of fused-ring (bicyclic) bond motifs is 2. The standard InChI is InChI=1S/C21H29N3O2.ClH/c1-12-5-8-17(23-20(25)13-6-7-13)11-18(12)24-21(26)16-9-14-3-2-4-15(10-16)19(14)22;/h5,8,11,13-16,19H,2-4,6-7,9-10,22H2,1H3,(H,23,25)(H,24,26);1H. The van der Waals surface area contributed by atoms with Crippen LogP contribution >= 0.6 is 12.4 Å². The number of rotatable bonds is 4. The summed E-state index contributed by atoms with van der Waals surface area (Å²) in [7, 11) is 0. The number of nitrogens with one attached hydrogen (secondary N) is 2. The van der Waals surface area contributed by atoms with E-state index in [1.54, 1.807) is 0 Å². The van der Waals surface area contributed by atoms with Crippen molar-refractivity contribution >= 4 is 35.6 Å². The highest BCUT2D eigenvalue weighted by molar-refractivity contribution is 5.97. The van der Waals surface area contributed by atoms with Crippen LogP contribution in [0.4, 0.5) is 11.4 Å². The Morgan fingerprint density at radius 2 is 1.59 bits per heavy atom. The van der Waals surface area contributed by atoms with Crippen LogP contribution in [-0.2, 0) is 9.59 Å². The van der Waals surface area contributed by atoms with Crippen molar-refractivity contribution in [2.75, 3.05) is 10.6 Å². The van der Waals surface area contributed by atoms with E-state index in [-0.39, 0.29) is 42.1 Å². The van der Waals surface area contributed by atoms with Gasteiger partial charge in [0.05, 0.1) is 0 Å². The van der Waals surface area contributed by atoms with E-state index in [0.29, 0.717) is 11.8 Å². The molecule has 27 heavy (non-hydrogen) atoms. The maximum Gasteiger partial charge on any atom is 0.227 e. The molecule has 1 aromatic rings. The SMILES string of the molecule is Cc1ccc(NC(=O)C2CC2)cc1NC(=O)C1CC2CCCC(C1)C2N.Cl. The second-order valence-electron chi connectivity index (χ2n) is 8.48. The molecule has 2 bridgehead atoms. The number of benzene rings is 1. The van der Waals surface area contributed by atoms with Crippen LogP contribution in [0.3, 0.4) is 0 Å². The van der Waals surface area contributed by atoms with Crippen LogP contribution in [0.1, 0.15) is 50.5 Å². The van der Waals surface area contributed by atoms with E-state index in [1.807, 2.05) is 25.1 Å². The molecule has 4 N–H and O–H groups in total. The van der Waals surface area contributed by atoms with Crippen LogP contribution in [0.2, 0.25) is 0 Å². The van der Waals surface area contributed by atoms with Crippen molar-refractivity contribution in [3.05, 3.63) is 23.8 Å². The summed E-state index contributed by atoms with van der Waals surface area (Å²) in [5.74, 6) is 1.38. The van der Waals surface area contributed by atoms with Gasteiger partial charge in [-0.15, -0.1) is 12.4 Å². The third kappa shape index (κ3) is 4.46. The molecule has 0 aliphatic heterocycles. The molecule has 0 radical (unpaired) electrons. The zero-order valence-electron chi connectivity index (χ0n) is 15.9. The molecule has 0 saturated heterocycles. The van der Waals surface area contributed by atoms with Crippen molar-refractivity contribution < 1.29 is 9.59 Å². The molecule has 3 aliphatic rings. The lowest BCUT2D eigenvalue weighted by Gasteiger charge is -2.43. The van der Waals surface area contributed by atoms with Gasteiger partial charge < -0.3 is 16.4 Å². The van der Waals surface area contributed by atoms with Crippen molar-refractivity contribution in [2.24, 2.45) is 29.4 Å². The molecule has 1 aromatic carbocycles. The van der Waals surface area contributed by atoms with Gasteiger partial charge in [-0.25, -0.2) is 0 Å². The highest BCUT2D eigenvalue weighted by Gasteiger charge is 2.40. The van der Waals surface area contributed by atoms with Crippen molar-refractivity contribution in [2.45, 2.75) is 57.9 Å². The molecule has 0 heterocycles. The lowest BCUT2D eigenvalue weighted by molar-refractivity contribution is -0.122. The van der Waals surface area contributed by atoms with Gasteiger partial charge in [0.2, 0.25) is 11.8 Å². The Morgan fingerprint density at radius 1 is 0.963 bits per heavy atom. The van der Waals surface area contributed by atoms with Gasteiger partial charge in [0.25, 0.3) is 0 Å². The maximum atomic E-state index is 12.9. The van der Waals surface area contributed by atoms with Crippen molar-refractivity contribution in [1.29, 1.82) is 0 Å². The minimum absolute atomic E-state index is 0. The highest BCUT2D eigenvalue weighted by Crippen LogP contribution is 2.42. The van der Waals surface area contributed by atoms with Gasteiger partial charge in [0.15, 0.2) is 0 Å². The lowest BCUT2D eigenvalue weighted by atomic mass is 9.65. The van der Waals surface area contributed by atoms with E-state index in [0.717, 1.165) is 55.5 Å². The molecule has 3 fully saturated rings. The Balaban J connectivity index is 0.00000210. The third-order valence-corrected chi connectivity index (χ3v) is 6.49. The molecule has 6 heteroatoms. The number of hydrogen-bond acceptors (Lipinski definition) is 3. The van der Waals surface area contributed by atoms with Crippen LogP contribution in [0.25, 0.3) is 0 Å². The second-order valence-corrected chi connectivity index (χ2v) is 8.48. The van der Waals surface area contributed by atoms with Gasteiger partial charge in [-0.3, -0.25) is 9.59 Å². The predicted molar refractivity (Wildman–Crippen MR) is 110 cm³/mol. The number of halogens is 1. The molecule has 2 amide bonds. The number of aryl methyl sites for hydroxylation is 1. The Kier molecular flexibility index (Phi) is 6.11. The summed E-state index contributed by atoms with van der Waals surface area (Å²) >= 11 is 0. The average Bonchev–Trinajstić information content (AvgIpc) is 3.42. The summed E-state index contributed by atoms with van der Waals surface area (Å²) in [5, 5.41) is 6.07. The summed E-state index contributed by atoms with van der Waals surface area (Å²) in [5.41, 5.74) is 8.91. The summed E-state index contributed by atoms with van der Waals surface area (Å²) in [4.78, 5) is 24.8. The average molecular weight is 392 g/mol. The van der Waals surface area contributed by atoms with Crippen molar-refractivity contribution in [3.8, 4) is 0 Å². The largest absolute Gasteiger partial charge is 0.327 e. The summed E-state index contributed by atoms with van der Waals surface area (Å²) in [6.07, 6.45) is 7.33. The molecule has 4 rings (SSSR count). The Hall–Kier alpha value is -1.59. The first-order chi connectivity index (χ1) is 12.5. The van der Waals surface area contributed by atoms with Crippen molar-refractivity contribution in [1.82, 2.24) is 0 Å². The van der Waals surface area contributed by atoms with E-state index in [9.17, 15) is 9.59 Å². The van der Waals surface area contributed by atoms with Crippen molar-refractivity contribution in [3.63, 3.8) is 0 Å². The number of carbonyl (C=O) groups is 2. The number of anilines is 2. The zero-order chi connectivity index (χ0) is 18.3. The first-order valence-electron chi connectivity index (χ1n) is 9.99. The van der Waals surface area contributed by atoms with Crippen LogP contribution in [0, 0.1) is 30.6 Å². The maximum absolute atomic E-state index is 12.9. The zero-order valence-corrected chi connectivity index (χ0v) is 16.7. The van der Waals surface area contributed by atoms with Gasteiger partial charge in [-0.05, 0) is 75.0 Å². The lowest BCUT2D eigenvalue weighted by Crippen LogP contribution is -2.48. The quantitative estimate of drug-likeness (QED) is 0.728. The van der Waals surface area contributed by atoms with Crippen LogP contribution in [0.5, 0.6) is 0 Å². The van der Waals surface area contributed by atoms with E-state index < -0.39 is 0 Å². The molecule has 3 saturated carbocycles. The third-order valence-electron chi connectivity index (χ3n) is 6.49. The topological polar surface area (TPSA) is 84.2 Å². The van der Waals surface area contributed by atoms with Crippen LogP contribution in [0.15, 0.2) is 18.2 Å². The summed E-state index contributed by atoms with van der Waals surface area (Å²) in [6.45, 7) is 1.98. The monoisotopic (exact) mass is 391 g/mol. The Bertz CT molecular complexity index is 705.